The molecule has 0 unspecified atom stereocenters. The second-order valence-electron chi connectivity index (χ2n) is 2.97. The first-order chi connectivity index (χ1) is 7.45. The molecule has 0 aliphatic rings. The third kappa shape index (κ3) is 3.14. The Morgan fingerprint density at radius 2 is 2.12 bits per heavy atom. The highest BCUT2D eigenvalue weighted by molar-refractivity contribution is 5.35. The minimum atomic E-state index is -4.49. The van der Waals surface area contributed by atoms with Gasteiger partial charge in [0.1, 0.15) is 0 Å². The Morgan fingerprint density at radius 3 is 2.69 bits per heavy atom. The lowest BCUT2D eigenvalue weighted by Gasteiger charge is -2.05. The normalized spacial score (nSPS) is 10.8. The van der Waals surface area contributed by atoms with Crippen molar-refractivity contribution in [2.24, 2.45) is 5.73 Å². The van der Waals surface area contributed by atoms with Gasteiger partial charge in [-0.3, -0.25) is 4.79 Å². The van der Waals surface area contributed by atoms with Crippen LogP contribution < -0.4 is 11.3 Å². The third-order valence-electron chi connectivity index (χ3n) is 1.72. The van der Waals surface area contributed by atoms with Crippen LogP contribution in [-0.2, 0) is 6.18 Å². The molecule has 0 bridgehead atoms. The van der Waals surface area contributed by atoms with Gasteiger partial charge in [0, 0.05) is 19.2 Å². The number of H-pyrrole nitrogens is 1. The number of aromatic amines is 1. The van der Waals surface area contributed by atoms with E-state index in [1.54, 1.807) is 0 Å². The van der Waals surface area contributed by atoms with Crippen molar-refractivity contribution >= 4 is 0 Å². The highest BCUT2D eigenvalue weighted by atomic mass is 19.4. The van der Waals surface area contributed by atoms with E-state index in [1.165, 1.54) is 0 Å². The van der Waals surface area contributed by atoms with E-state index in [2.05, 4.69) is 11.8 Å². The SMILES string of the molecule is NCCC#Cc1cc(C(F)(F)F)c[nH]c1=O. The van der Waals surface area contributed by atoms with Gasteiger partial charge in [0.2, 0.25) is 0 Å². The van der Waals surface area contributed by atoms with Crippen molar-refractivity contribution in [1.82, 2.24) is 4.98 Å². The molecule has 0 amide bonds. The van der Waals surface area contributed by atoms with E-state index in [1.807, 2.05) is 4.98 Å². The maximum Gasteiger partial charge on any atom is 0.417 e. The van der Waals surface area contributed by atoms with Crippen LogP contribution in [0.5, 0.6) is 0 Å². The molecule has 1 aromatic rings. The summed E-state index contributed by atoms with van der Waals surface area (Å²) in [5.41, 5.74) is 3.39. The van der Waals surface area contributed by atoms with Crippen LogP contribution >= 0.6 is 0 Å². The molecule has 0 atom stereocenters. The Hall–Kier alpha value is -1.74. The number of aromatic nitrogens is 1. The lowest BCUT2D eigenvalue weighted by atomic mass is 10.2. The molecule has 0 aromatic carbocycles. The number of alkyl halides is 3. The van der Waals surface area contributed by atoms with Crippen molar-refractivity contribution in [3.05, 3.63) is 33.7 Å². The first kappa shape index (κ1) is 12.3. The molecule has 3 N–H and O–H groups in total. The standard InChI is InChI=1S/C10H9F3N2O/c11-10(12,13)8-5-7(3-1-2-4-14)9(16)15-6-8/h5-6H,2,4,14H2,(H,15,16). The van der Waals surface area contributed by atoms with Gasteiger partial charge in [0.15, 0.2) is 0 Å². The molecular formula is C10H9F3N2O. The van der Waals surface area contributed by atoms with Crippen molar-refractivity contribution in [1.29, 1.82) is 0 Å². The fraction of sp³-hybridized carbons (Fsp3) is 0.300. The number of nitrogens with one attached hydrogen (secondary N) is 1. The molecule has 6 heteroatoms. The van der Waals surface area contributed by atoms with Gasteiger partial charge < -0.3 is 10.7 Å². The van der Waals surface area contributed by atoms with Gasteiger partial charge in [-0.1, -0.05) is 11.8 Å². The van der Waals surface area contributed by atoms with E-state index in [0.29, 0.717) is 19.2 Å². The molecule has 0 aliphatic heterocycles. The predicted molar refractivity (Wildman–Crippen MR) is 52.6 cm³/mol. The maximum absolute atomic E-state index is 12.3. The number of nitrogens with two attached hydrogens (primary N) is 1. The van der Waals surface area contributed by atoms with E-state index >= 15 is 0 Å². The highest BCUT2D eigenvalue weighted by Crippen LogP contribution is 2.28. The van der Waals surface area contributed by atoms with Gasteiger partial charge in [-0.2, -0.15) is 13.2 Å². The monoisotopic (exact) mass is 230 g/mol. The summed E-state index contributed by atoms with van der Waals surface area (Å²) in [5, 5.41) is 0. The van der Waals surface area contributed by atoms with E-state index in [-0.39, 0.29) is 5.56 Å². The first-order valence-corrected chi connectivity index (χ1v) is 4.44. The zero-order chi connectivity index (χ0) is 12.2. The molecule has 1 aromatic heterocycles. The Labute approximate surface area is 89.5 Å². The zero-order valence-corrected chi connectivity index (χ0v) is 8.19. The molecule has 0 saturated carbocycles. The Bertz CT molecular complexity index is 479. The number of hydrogen-bond donors (Lipinski definition) is 2. The van der Waals surface area contributed by atoms with Gasteiger partial charge in [0.25, 0.3) is 5.56 Å². The topological polar surface area (TPSA) is 58.9 Å². The van der Waals surface area contributed by atoms with Crippen molar-refractivity contribution in [2.45, 2.75) is 12.6 Å². The number of pyridine rings is 1. The molecule has 0 radical (unpaired) electrons. The average molecular weight is 230 g/mol. The quantitative estimate of drug-likeness (QED) is 0.709. The largest absolute Gasteiger partial charge is 0.417 e. The fourth-order valence-electron chi connectivity index (χ4n) is 0.970. The van der Waals surface area contributed by atoms with Gasteiger partial charge in [-0.25, -0.2) is 0 Å². The average Bonchev–Trinajstić information content (AvgIpc) is 2.19. The third-order valence-corrected chi connectivity index (χ3v) is 1.72. The minimum absolute atomic E-state index is 0.205. The fourth-order valence-corrected chi connectivity index (χ4v) is 0.970. The molecule has 0 fully saturated rings. The van der Waals surface area contributed by atoms with Gasteiger partial charge in [-0.15, -0.1) is 0 Å². The van der Waals surface area contributed by atoms with Gasteiger partial charge in [0.05, 0.1) is 11.1 Å². The Morgan fingerprint density at radius 1 is 1.44 bits per heavy atom. The Balaban J connectivity index is 3.11. The van der Waals surface area contributed by atoms with Crippen LogP contribution in [0.1, 0.15) is 17.5 Å². The lowest BCUT2D eigenvalue weighted by molar-refractivity contribution is -0.137. The smallest absolute Gasteiger partial charge is 0.330 e. The van der Waals surface area contributed by atoms with Crippen LogP contribution in [-0.4, -0.2) is 11.5 Å². The van der Waals surface area contributed by atoms with Crippen molar-refractivity contribution in [2.75, 3.05) is 6.54 Å². The van der Waals surface area contributed by atoms with Crippen molar-refractivity contribution < 1.29 is 13.2 Å². The number of rotatable bonds is 1. The molecule has 0 spiro atoms. The summed E-state index contributed by atoms with van der Waals surface area (Å²) in [4.78, 5) is 13.1. The summed E-state index contributed by atoms with van der Waals surface area (Å²) < 4.78 is 36.9. The molecule has 1 rings (SSSR count). The van der Waals surface area contributed by atoms with E-state index < -0.39 is 17.3 Å². The van der Waals surface area contributed by atoms with Gasteiger partial charge >= 0.3 is 6.18 Å². The van der Waals surface area contributed by atoms with E-state index in [4.69, 9.17) is 5.73 Å². The van der Waals surface area contributed by atoms with Crippen LogP contribution in [0.25, 0.3) is 0 Å². The predicted octanol–water partition coefficient (Wildman–Crippen LogP) is 1.09. The Kier molecular flexibility index (Phi) is 3.74. The molecule has 0 aliphatic carbocycles. The lowest BCUT2D eigenvalue weighted by Crippen LogP contribution is -2.14. The summed E-state index contributed by atoms with van der Waals surface area (Å²) in [6.07, 6.45) is -3.54. The molecule has 0 saturated heterocycles. The van der Waals surface area contributed by atoms with Crippen LogP contribution in [0, 0.1) is 11.8 Å². The molecule has 3 nitrogen and oxygen atoms in total. The van der Waals surface area contributed by atoms with Crippen LogP contribution in [0.15, 0.2) is 17.1 Å². The van der Waals surface area contributed by atoms with Crippen molar-refractivity contribution in [3.63, 3.8) is 0 Å². The summed E-state index contributed by atoms with van der Waals surface area (Å²) >= 11 is 0. The van der Waals surface area contributed by atoms with E-state index in [9.17, 15) is 18.0 Å². The zero-order valence-electron chi connectivity index (χ0n) is 8.19. The van der Waals surface area contributed by atoms with E-state index in [0.717, 1.165) is 6.07 Å². The molecular weight excluding hydrogens is 221 g/mol. The highest BCUT2D eigenvalue weighted by Gasteiger charge is 2.31. The summed E-state index contributed by atoms with van der Waals surface area (Å²) in [7, 11) is 0. The number of halogens is 3. The first-order valence-electron chi connectivity index (χ1n) is 4.44. The minimum Gasteiger partial charge on any atom is -0.330 e. The molecule has 1 heterocycles. The summed E-state index contributed by atoms with van der Waals surface area (Å²) in [6, 6.07) is 0.725. The second-order valence-corrected chi connectivity index (χ2v) is 2.97. The van der Waals surface area contributed by atoms with Crippen LogP contribution in [0.2, 0.25) is 0 Å². The number of hydrogen-bond acceptors (Lipinski definition) is 2. The van der Waals surface area contributed by atoms with Crippen LogP contribution in [0.3, 0.4) is 0 Å². The molecule has 86 valence electrons. The summed E-state index contributed by atoms with van der Waals surface area (Å²) in [6.45, 7) is 0.296. The summed E-state index contributed by atoms with van der Waals surface area (Å²) in [5.74, 6) is 4.86. The maximum atomic E-state index is 12.3. The van der Waals surface area contributed by atoms with Gasteiger partial charge in [-0.05, 0) is 6.07 Å². The van der Waals surface area contributed by atoms with Crippen LogP contribution in [0.4, 0.5) is 13.2 Å². The van der Waals surface area contributed by atoms with Crippen molar-refractivity contribution in [3.8, 4) is 11.8 Å². The molecule has 16 heavy (non-hydrogen) atoms. The second kappa shape index (κ2) is 4.86.